The van der Waals surface area contributed by atoms with Crippen LogP contribution in [0.5, 0.6) is 5.75 Å². The predicted molar refractivity (Wildman–Crippen MR) is 57.0 cm³/mol. The van der Waals surface area contributed by atoms with E-state index < -0.39 is 11.7 Å². The lowest BCUT2D eigenvalue weighted by atomic mass is 9.98. The van der Waals surface area contributed by atoms with E-state index in [9.17, 15) is 13.2 Å². The van der Waals surface area contributed by atoms with Gasteiger partial charge in [-0.25, -0.2) is 0 Å². The van der Waals surface area contributed by atoms with E-state index in [0.29, 0.717) is 0 Å². The van der Waals surface area contributed by atoms with Gasteiger partial charge in [0, 0.05) is 11.8 Å². The molecule has 1 aromatic rings. The fourth-order valence-corrected chi connectivity index (χ4v) is 1.73. The minimum atomic E-state index is -4.38. The Balaban J connectivity index is 2.44. The SMILES string of the molecule is CC(C)c1c(OC2CC2)cncc1C(F)(F)F. The molecule has 1 aliphatic carbocycles. The van der Waals surface area contributed by atoms with Crippen molar-refractivity contribution in [1.82, 2.24) is 4.98 Å². The normalized spacial score (nSPS) is 16.4. The van der Waals surface area contributed by atoms with Crippen LogP contribution in [0.25, 0.3) is 0 Å². The van der Waals surface area contributed by atoms with Crippen molar-refractivity contribution in [1.29, 1.82) is 0 Å². The third kappa shape index (κ3) is 2.70. The Labute approximate surface area is 97.8 Å². The lowest BCUT2D eigenvalue weighted by Gasteiger charge is -2.19. The van der Waals surface area contributed by atoms with Crippen molar-refractivity contribution >= 4 is 0 Å². The quantitative estimate of drug-likeness (QED) is 0.808. The van der Waals surface area contributed by atoms with Gasteiger partial charge in [0.05, 0.1) is 17.9 Å². The second-order valence-electron chi connectivity index (χ2n) is 4.57. The van der Waals surface area contributed by atoms with Crippen LogP contribution in [0, 0.1) is 0 Å². The first kappa shape index (κ1) is 12.2. The van der Waals surface area contributed by atoms with Crippen LogP contribution in [-0.4, -0.2) is 11.1 Å². The largest absolute Gasteiger partial charge is 0.488 e. The lowest BCUT2D eigenvalue weighted by Crippen LogP contribution is -2.13. The van der Waals surface area contributed by atoms with E-state index in [1.807, 2.05) is 0 Å². The molecule has 1 heterocycles. The zero-order chi connectivity index (χ0) is 12.6. The van der Waals surface area contributed by atoms with Gasteiger partial charge in [-0.05, 0) is 18.8 Å². The Morgan fingerprint density at radius 1 is 1.29 bits per heavy atom. The molecule has 0 aromatic carbocycles. The van der Waals surface area contributed by atoms with Gasteiger partial charge in [0.25, 0.3) is 0 Å². The Kier molecular flexibility index (Phi) is 3.02. The van der Waals surface area contributed by atoms with Gasteiger partial charge in [-0.2, -0.15) is 13.2 Å². The van der Waals surface area contributed by atoms with E-state index in [1.54, 1.807) is 13.8 Å². The number of ether oxygens (including phenoxy) is 1. The van der Waals surface area contributed by atoms with Crippen LogP contribution in [0.2, 0.25) is 0 Å². The number of pyridine rings is 1. The Hall–Kier alpha value is -1.26. The van der Waals surface area contributed by atoms with E-state index in [4.69, 9.17) is 4.74 Å². The molecule has 2 rings (SSSR count). The molecule has 0 saturated heterocycles. The van der Waals surface area contributed by atoms with Crippen LogP contribution in [-0.2, 0) is 6.18 Å². The van der Waals surface area contributed by atoms with Crippen LogP contribution >= 0.6 is 0 Å². The Bertz CT molecular complexity index is 411. The van der Waals surface area contributed by atoms with Crippen LogP contribution in [0.15, 0.2) is 12.4 Å². The fourth-order valence-electron chi connectivity index (χ4n) is 1.73. The highest BCUT2D eigenvalue weighted by Gasteiger charge is 2.37. The van der Waals surface area contributed by atoms with Gasteiger partial charge >= 0.3 is 6.18 Å². The Morgan fingerprint density at radius 3 is 2.41 bits per heavy atom. The van der Waals surface area contributed by atoms with Crippen molar-refractivity contribution in [3.63, 3.8) is 0 Å². The number of nitrogens with zero attached hydrogens (tertiary/aromatic N) is 1. The highest BCUT2D eigenvalue weighted by Crippen LogP contribution is 2.40. The van der Waals surface area contributed by atoms with E-state index in [1.165, 1.54) is 6.20 Å². The van der Waals surface area contributed by atoms with Gasteiger partial charge in [-0.15, -0.1) is 0 Å². The summed E-state index contributed by atoms with van der Waals surface area (Å²) in [6.07, 6.45) is -0.243. The molecule has 0 spiro atoms. The fraction of sp³-hybridized carbons (Fsp3) is 0.583. The molecule has 1 fully saturated rings. The lowest BCUT2D eigenvalue weighted by molar-refractivity contribution is -0.138. The first-order chi connectivity index (χ1) is 7.89. The molecule has 0 atom stereocenters. The van der Waals surface area contributed by atoms with Crippen LogP contribution in [0.1, 0.15) is 43.7 Å². The van der Waals surface area contributed by atoms with E-state index >= 15 is 0 Å². The van der Waals surface area contributed by atoms with E-state index in [0.717, 1.165) is 19.0 Å². The first-order valence-corrected chi connectivity index (χ1v) is 5.61. The summed E-state index contributed by atoms with van der Waals surface area (Å²) in [5, 5.41) is 0. The summed E-state index contributed by atoms with van der Waals surface area (Å²) in [6.45, 7) is 3.45. The topological polar surface area (TPSA) is 22.1 Å². The van der Waals surface area contributed by atoms with Gasteiger partial charge in [0.15, 0.2) is 0 Å². The first-order valence-electron chi connectivity index (χ1n) is 5.61. The van der Waals surface area contributed by atoms with Gasteiger partial charge in [-0.3, -0.25) is 4.98 Å². The monoisotopic (exact) mass is 245 g/mol. The average Bonchev–Trinajstić information content (AvgIpc) is 2.99. The third-order valence-corrected chi connectivity index (χ3v) is 2.65. The maximum Gasteiger partial charge on any atom is 0.418 e. The number of aromatic nitrogens is 1. The summed E-state index contributed by atoms with van der Waals surface area (Å²) in [6, 6.07) is 0. The van der Waals surface area contributed by atoms with E-state index in [-0.39, 0.29) is 23.3 Å². The molecule has 1 aromatic heterocycles. The molecule has 0 unspecified atom stereocenters. The molecule has 0 amide bonds. The summed E-state index contributed by atoms with van der Waals surface area (Å²) in [5.41, 5.74) is -0.481. The van der Waals surface area contributed by atoms with Crippen molar-refractivity contribution in [2.75, 3.05) is 0 Å². The van der Waals surface area contributed by atoms with Crippen molar-refractivity contribution in [2.24, 2.45) is 0 Å². The summed E-state index contributed by atoms with van der Waals surface area (Å²) in [7, 11) is 0. The molecule has 0 aliphatic heterocycles. The predicted octanol–water partition coefficient (Wildman–Crippen LogP) is 3.77. The van der Waals surface area contributed by atoms with E-state index in [2.05, 4.69) is 4.98 Å². The molecular formula is C12H14F3NO. The molecule has 0 radical (unpaired) electrons. The minimum absolute atomic E-state index is 0.0674. The van der Waals surface area contributed by atoms with Crippen LogP contribution in [0.3, 0.4) is 0 Å². The molecule has 94 valence electrons. The Morgan fingerprint density at radius 2 is 1.94 bits per heavy atom. The minimum Gasteiger partial charge on any atom is -0.488 e. The van der Waals surface area contributed by atoms with Crippen LogP contribution < -0.4 is 4.74 Å². The highest BCUT2D eigenvalue weighted by atomic mass is 19.4. The molecule has 0 N–H and O–H groups in total. The van der Waals surface area contributed by atoms with Gasteiger partial charge in [0.2, 0.25) is 0 Å². The number of rotatable bonds is 3. The summed E-state index contributed by atoms with van der Waals surface area (Å²) < 4.78 is 44.0. The summed E-state index contributed by atoms with van der Waals surface area (Å²) >= 11 is 0. The third-order valence-electron chi connectivity index (χ3n) is 2.65. The molecule has 17 heavy (non-hydrogen) atoms. The van der Waals surface area contributed by atoms with Gasteiger partial charge in [-0.1, -0.05) is 13.8 Å². The number of halogens is 3. The summed E-state index contributed by atoms with van der Waals surface area (Å²) in [5.74, 6) is 0.0284. The smallest absolute Gasteiger partial charge is 0.418 e. The molecule has 1 aliphatic rings. The van der Waals surface area contributed by atoms with Gasteiger partial charge < -0.3 is 4.74 Å². The number of alkyl halides is 3. The number of hydrogen-bond acceptors (Lipinski definition) is 2. The zero-order valence-corrected chi connectivity index (χ0v) is 9.71. The second kappa shape index (κ2) is 4.20. The molecule has 0 bridgehead atoms. The molecule has 2 nitrogen and oxygen atoms in total. The molecule has 1 saturated carbocycles. The standard InChI is InChI=1S/C12H14F3NO/c1-7(2)11-9(12(13,14)15)5-16-6-10(11)17-8-3-4-8/h5-8H,3-4H2,1-2H3. The van der Waals surface area contributed by atoms with Crippen molar-refractivity contribution in [3.05, 3.63) is 23.5 Å². The summed E-state index contributed by atoms with van der Waals surface area (Å²) in [4.78, 5) is 3.63. The maximum absolute atomic E-state index is 12.8. The second-order valence-corrected chi connectivity index (χ2v) is 4.57. The number of hydrogen-bond donors (Lipinski definition) is 0. The van der Waals surface area contributed by atoms with Crippen LogP contribution in [0.4, 0.5) is 13.2 Å². The average molecular weight is 245 g/mol. The van der Waals surface area contributed by atoms with Crippen molar-refractivity contribution < 1.29 is 17.9 Å². The van der Waals surface area contributed by atoms with Crippen molar-refractivity contribution in [3.8, 4) is 5.75 Å². The van der Waals surface area contributed by atoms with Crippen molar-refractivity contribution in [2.45, 2.75) is 44.9 Å². The van der Waals surface area contributed by atoms with Gasteiger partial charge in [0.1, 0.15) is 5.75 Å². The molecular weight excluding hydrogens is 231 g/mol. The maximum atomic E-state index is 12.8. The molecule has 5 heteroatoms. The zero-order valence-electron chi connectivity index (χ0n) is 9.71. The highest BCUT2D eigenvalue weighted by molar-refractivity contribution is 5.41.